The number of rotatable bonds is 8. The molecule has 7 nitrogen and oxygen atoms in total. The molecule has 0 heterocycles. The summed E-state index contributed by atoms with van der Waals surface area (Å²) in [5, 5.41) is 2.85. The van der Waals surface area contributed by atoms with E-state index in [1.54, 1.807) is 6.92 Å². The minimum atomic E-state index is -4.41. The highest BCUT2D eigenvalue weighted by Crippen LogP contribution is 2.02. The molecule has 8 heteroatoms. The van der Waals surface area contributed by atoms with Crippen molar-refractivity contribution in [3.05, 3.63) is 12.2 Å². The molecule has 21 heavy (non-hydrogen) atoms. The Hall–Kier alpha value is -0.960. The summed E-state index contributed by atoms with van der Waals surface area (Å²) < 4.78 is 32.1. The van der Waals surface area contributed by atoms with E-state index in [2.05, 4.69) is 37.0 Å². The van der Waals surface area contributed by atoms with Crippen molar-refractivity contribution >= 4 is 16.3 Å². The fourth-order valence-electron chi connectivity index (χ4n) is 1.35. The van der Waals surface area contributed by atoms with Gasteiger partial charge in [-0.25, -0.2) is 8.42 Å². The minimum absolute atomic E-state index is 0.0304. The molecule has 0 atom stereocenters. The normalized spacial score (nSPS) is 11.3. The molecule has 0 spiro atoms. The molecule has 0 aromatic carbocycles. The van der Waals surface area contributed by atoms with Crippen LogP contribution in [0.1, 0.15) is 27.2 Å². The van der Waals surface area contributed by atoms with Crippen molar-refractivity contribution in [2.45, 2.75) is 27.2 Å². The van der Waals surface area contributed by atoms with Crippen LogP contribution in [-0.4, -0.2) is 63.7 Å². The number of hydrogen-bond donors (Lipinski definition) is 1. The van der Waals surface area contributed by atoms with Crippen LogP contribution in [0.15, 0.2) is 12.2 Å². The first-order chi connectivity index (χ1) is 9.51. The predicted molar refractivity (Wildman–Crippen MR) is 81.3 cm³/mol. The Kier molecular flexibility index (Phi) is 11.4. The average Bonchev–Trinajstić information content (AvgIpc) is 2.42. The lowest BCUT2D eigenvalue weighted by atomic mass is 10.3. The molecule has 0 bridgehead atoms. The molecule has 0 rings (SSSR count). The molecule has 0 saturated carbocycles. The standard InChI is InChI=1S/C12H24N2O.CH4O4S/c1-6-14(5,7-2)10-8-9-13-12(15)11(3)4;1-5-6(2,3)4/h3,6-10H2,1-2,4-5H3;1H3,(H,2,3,4). The number of nitrogens with zero attached hydrogens (tertiary/aromatic N) is 1. The van der Waals surface area contributed by atoms with Gasteiger partial charge in [0.05, 0.1) is 33.8 Å². The van der Waals surface area contributed by atoms with E-state index in [1.165, 1.54) is 0 Å². The van der Waals surface area contributed by atoms with Crippen LogP contribution in [0, 0.1) is 0 Å². The van der Waals surface area contributed by atoms with Crippen LogP contribution in [0.3, 0.4) is 0 Å². The molecule has 1 amide bonds. The smallest absolute Gasteiger partial charge is 0.246 e. The van der Waals surface area contributed by atoms with E-state index in [0.717, 1.165) is 44.2 Å². The van der Waals surface area contributed by atoms with Gasteiger partial charge in [-0.15, -0.1) is 0 Å². The highest BCUT2D eigenvalue weighted by Gasteiger charge is 2.15. The summed E-state index contributed by atoms with van der Waals surface area (Å²) in [6, 6.07) is 0. The van der Waals surface area contributed by atoms with Crippen molar-refractivity contribution in [2.75, 3.05) is 40.3 Å². The van der Waals surface area contributed by atoms with Gasteiger partial charge in [0, 0.05) is 18.5 Å². The molecule has 0 unspecified atom stereocenters. The van der Waals surface area contributed by atoms with Crippen LogP contribution in [0.4, 0.5) is 0 Å². The molecule has 1 N–H and O–H groups in total. The third-order valence-electron chi connectivity index (χ3n) is 3.28. The fraction of sp³-hybridized carbons (Fsp3) is 0.769. The second-order valence-corrected chi connectivity index (χ2v) is 6.09. The maximum atomic E-state index is 11.2. The van der Waals surface area contributed by atoms with Crippen molar-refractivity contribution in [2.24, 2.45) is 0 Å². The highest BCUT2D eigenvalue weighted by molar-refractivity contribution is 7.80. The third-order valence-corrected chi connectivity index (χ3v) is 3.69. The van der Waals surface area contributed by atoms with E-state index in [0.29, 0.717) is 5.57 Å². The molecule has 0 fully saturated rings. The van der Waals surface area contributed by atoms with Gasteiger partial charge in [-0.1, -0.05) is 6.58 Å². The quantitative estimate of drug-likeness (QED) is 0.232. The van der Waals surface area contributed by atoms with Gasteiger partial charge >= 0.3 is 0 Å². The number of amides is 1. The van der Waals surface area contributed by atoms with E-state index in [4.69, 9.17) is 0 Å². The molecule has 0 aliphatic carbocycles. The Morgan fingerprint density at radius 2 is 1.76 bits per heavy atom. The predicted octanol–water partition coefficient (Wildman–Crippen LogP) is 0.648. The first-order valence-corrected chi connectivity index (χ1v) is 8.13. The Bertz CT molecular complexity index is 416. The van der Waals surface area contributed by atoms with Crippen LogP contribution in [0.25, 0.3) is 0 Å². The number of hydrogen-bond acceptors (Lipinski definition) is 5. The largest absolute Gasteiger partial charge is 0.726 e. The molecule has 0 aliphatic heterocycles. The van der Waals surface area contributed by atoms with Crippen molar-refractivity contribution in [3.63, 3.8) is 0 Å². The van der Waals surface area contributed by atoms with E-state index in [1.807, 2.05) is 0 Å². The van der Waals surface area contributed by atoms with Gasteiger partial charge < -0.3 is 14.4 Å². The molecule has 0 aliphatic rings. The summed E-state index contributed by atoms with van der Waals surface area (Å²) in [6.07, 6.45) is 1.02. The number of quaternary nitrogens is 1. The van der Waals surface area contributed by atoms with Gasteiger partial charge in [-0.2, -0.15) is 0 Å². The second-order valence-electron chi connectivity index (χ2n) is 4.94. The van der Waals surface area contributed by atoms with Crippen LogP contribution in [-0.2, 0) is 19.4 Å². The molecular weight excluding hydrogens is 296 g/mol. The van der Waals surface area contributed by atoms with Crippen molar-refractivity contribution in [1.29, 1.82) is 0 Å². The van der Waals surface area contributed by atoms with Crippen LogP contribution in [0.2, 0.25) is 0 Å². The summed E-state index contributed by atoms with van der Waals surface area (Å²) in [5.41, 5.74) is 0.582. The van der Waals surface area contributed by atoms with Crippen molar-refractivity contribution in [1.82, 2.24) is 5.32 Å². The number of carbonyl (C=O) groups is 1. The molecule has 0 radical (unpaired) electrons. The topological polar surface area (TPSA) is 95.5 Å². The van der Waals surface area contributed by atoms with E-state index in [9.17, 15) is 17.8 Å². The van der Waals surface area contributed by atoms with Gasteiger partial charge in [0.2, 0.25) is 16.3 Å². The van der Waals surface area contributed by atoms with E-state index >= 15 is 0 Å². The molecule has 0 saturated heterocycles. The molecule has 0 aromatic heterocycles. The highest BCUT2D eigenvalue weighted by atomic mass is 32.3. The minimum Gasteiger partial charge on any atom is -0.726 e. The van der Waals surface area contributed by atoms with Gasteiger partial charge in [-0.3, -0.25) is 8.98 Å². The Morgan fingerprint density at radius 1 is 1.33 bits per heavy atom. The lowest BCUT2D eigenvalue weighted by molar-refractivity contribution is -0.906. The second kappa shape index (κ2) is 10.7. The van der Waals surface area contributed by atoms with Gasteiger partial charge in [0.15, 0.2) is 0 Å². The van der Waals surface area contributed by atoms with E-state index < -0.39 is 10.4 Å². The first-order valence-electron chi connectivity index (χ1n) is 6.80. The van der Waals surface area contributed by atoms with E-state index in [-0.39, 0.29) is 5.91 Å². The molecular formula is C13H28N2O5S. The Morgan fingerprint density at radius 3 is 2.05 bits per heavy atom. The summed E-state index contributed by atoms with van der Waals surface area (Å²) in [7, 11) is -1.35. The van der Waals surface area contributed by atoms with Crippen LogP contribution < -0.4 is 5.32 Å². The Balaban J connectivity index is 0. The monoisotopic (exact) mass is 324 g/mol. The average molecular weight is 324 g/mol. The maximum absolute atomic E-state index is 11.2. The zero-order chi connectivity index (χ0) is 17.1. The first kappa shape index (κ1) is 22.3. The zero-order valence-electron chi connectivity index (χ0n) is 13.6. The summed E-state index contributed by atoms with van der Waals surface area (Å²) >= 11 is 0. The number of nitrogens with one attached hydrogen (secondary N) is 1. The van der Waals surface area contributed by atoms with Crippen LogP contribution >= 0.6 is 0 Å². The Labute approximate surface area is 128 Å². The molecule has 0 aromatic rings. The lowest BCUT2D eigenvalue weighted by Gasteiger charge is -2.32. The lowest BCUT2D eigenvalue weighted by Crippen LogP contribution is -2.45. The SMILES string of the molecule is C=C(C)C(=O)NCCC[N+](C)(CC)CC.COS(=O)(=O)[O-]. The summed E-state index contributed by atoms with van der Waals surface area (Å²) in [5.74, 6) is -0.0304. The van der Waals surface area contributed by atoms with Crippen molar-refractivity contribution < 1.29 is 26.4 Å². The van der Waals surface area contributed by atoms with Crippen LogP contribution in [0.5, 0.6) is 0 Å². The fourth-order valence-corrected chi connectivity index (χ4v) is 1.35. The van der Waals surface area contributed by atoms with Gasteiger partial charge in [-0.05, 0) is 20.8 Å². The summed E-state index contributed by atoms with van der Waals surface area (Å²) in [4.78, 5) is 11.2. The maximum Gasteiger partial charge on any atom is 0.246 e. The van der Waals surface area contributed by atoms with Crippen molar-refractivity contribution in [3.8, 4) is 0 Å². The molecule has 126 valence electrons. The van der Waals surface area contributed by atoms with Gasteiger partial charge in [0.1, 0.15) is 0 Å². The number of carbonyl (C=O) groups excluding carboxylic acids is 1. The zero-order valence-corrected chi connectivity index (χ0v) is 14.5. The summed E-state index contributed by atoms with van der Waals surface area (Å²) in [6.45, 7) is 13.9. The van der Waals surface area contributed by atoms with Gasteiger partial charge in [0.25, 0.3) is 0 Å². The third kappa shape index (κ3) is 13.8.